The molecule has 0 spiro atoms. The predicted molar refractivity (Wildman–Crippen MR) is 71.9 cm³/mol. The summed E-state index contributed by atoms with van der Waals surface area (Å²) >= 11 is 0. The minimum atomic E-state index is -1.66. The van der Waals surface area contributed by atoms with Crippen LogP contribution in [-0.4, -0.2) is 54.3 Å². The van der Waals surface area contributed by atoms with E-state index < -0.39 is 18.0 Å². The Kier molecular flexibility index (Phi) is 10.2. The summed E-state index contributed by atoms with van der Waals surface area (Å²) in [6.07, 6.45) is -0.381. The first-order valence-electron chi connectivity index (χ1n) is 6.71. The van der Waals surface area contributed by atoms with Crippen molar-refractivity contribution in [1.82, 2.24) is 15.7 Å². The normalized spacial score (nSPS) is 14.0. The molecular weight excluding hydrogens is 266 g/mol. The lowest BCUT2D eigenvalue weighted by molar-refractivity contribution is -0.175. The zero-order chi connectivity index (χ0) is 15.4. The number of rotatable bonds is 7. The second-order valence-corrected chi connectivity index (χ2v) is 4.00. The van der Waals surface area contributed by atoms with Crippen molar-refractivity contribution in [3.05, 3.63) is 0 Å². The molecule has 0 aromatic rings. The van der Waals surface area contributed by atoms with Gasteiger partial charge in [-0.15, -0.1) is 0 Å². The molecule has 8 nitrogen and oxygen atoms in total. The van der Waals surface area contributed by atoms with E-state index in [1.807, 2.05) is 0 Å². The fourth-order valence-corrected chi connectivity index (χ4v) is 1.43. The van der Waals surface area contributed by atoms with Crippen molar-refractivity contribution >= 4 is 18.0 Å². The van der Waals surface area contributed by atoms with Crippen molar-refractivity contribution in [3.8, 4) is 0 Å². The number of hydrogen-bond acceptors (Lipinski definition) is 6. The lowest BCUT2D eigenvalue weighted by Gasteiger charge is -2.08. The minimum Gasteiger partial charge on any atom is -0.448 e. The Morgan fingerprint density at radius 3 is 1.95 bits per heavy atom. The van der Waals surface area contributed by atoms with Crippen molar-refractivity contribution < 1.29 is 24.3 Å². The standard InChI is InChI=1S/C7H18N2.C5H5NO5/c1-3-8-6-5-7-9-4-2;7-3-1-2-4(8)6(3)11-5(9)10/h8-9H,3-7H2,1-2H3;1-2H2,(H,9,10). The highest BCUT2D eigenvalue weighted by Gasteiger charge is 2.32. The molecule has 1 rings (SSSR count). The number of carbonyl (C=O) groups excluding carboxylic acids is 2. The van der Waals surface area contributed by atoms with Crippen LogP contribution in [0.5, 0.6) is 0 Å². The van der Waals surface area contributed by atoms with E-state index in [0.29, 0.717) is 0 Å². The van der Waals surface area contributed by atoms with Crippen molar-refractivity contribution in [3.63, 3.8) is 0 Å². The molecule has 0 saturated carbocycles. The monoisotopic (exact) mass is 289 g/mol. The number of nitrogens with one attached hydrogen (secondary N) is 2. The molecule has 8 heteroatoms. The molecule has 0 aliphatic carbocycles. The Bertz CT molecular complexity index is 300. The third-order valence-electron chi connectivity index (χ3n) is 2.38. The van der Waals surface area contributed by atoms with Gasteiger partial charge < -0.3 is 15.7 Å². The molecule has 1 fully saturated rings. The summed E-state index contributed by atoms with van der Waals surface area (Å²) in [7, 11) is 0. The van der Waals surface area contributed by atoms with Crippen LogP contribution < -0.4 is 10.6 Å². The maximum absolute atomic E-state index is 10.6. The Hall–Kier alpha value is -1.67. The molecule has 0 aromatic heterocycles. The van der Waals surface area contributed by atoms with E-state index in [2.05, 4.69) is 29.3 Å². The van der Waals surface area contributed by atoms with E-state index >= 15 is 0 Å². The first kappa shape index (κ1) is 18.3. The Morgan fingerprint density at radius 1 is 1.15 bits per heavy atom. The van der Waals surface area contributed by atoms with Crippen LogP contribution in [0.4, 0.5) is 4.79 Å². The molecule has 0 unspecified atom stereocenters. The van der Waals surface area contributed by atoms with Crippen molar-refractivity contribution in [2.75, 3.05) is 26.2 Å². The van der Waals surface area contributed by atoms with Crippen LogP contribution in [-0.2, 0) is 14.4 Å². The summed E-state index contributed by atoms with van der Waals surface area (Å²) in [5, 5.41) is 14.8. The molecule has 0 atom stereocenters. The highest BCUT2D eigenvalue weighted by molar-refractivity contribution is 6.01. The Labute approximate surface area is 118 Å². The third kappa shape index (κ3) is 8.44. The van der Waals surface area contributed by atoms with E-state index in [4.69, 9.17) is 5.11 Å². The average molecular weight is 289 g/mol. The summed E-state index contributed by atoms with van der Waals surface area (Å²) < 4.78 is 0. The number of carbonyl (C=O) groups is 3. The Balaban J connectivity index is 0.000000370. The van der Waals surface area contributed by atoms with Crippen LogP contribution in [0.1, 0.15) is 33.1 Å². The van der Waals surface area contributed by atoms with E-state index in [9.17, 15) is 14.4 Å². The topological polar surface area (TPSA) is 108 Å². The fraction of sp³-hybridized carbons (Fsp3) is 0.750. The molecule has 0 aromatic carbocycles. The van der Waals surface area contributed by atoms with Gasteiger partial charge in [-0.25, -0.2) is 4.79 Å². The maximum atomic E-state index is 10.6. The summed E-state index contributed by atoms with van der Waals surface area (Å²) in [5.74, 6) is -1.23. The average Bonchev–Trinajstić information content (AvgIpc) is 2.71. The third-order valence-corrected chi connectivity index (χ3v) is 2.38. The number of amides is 2. The molecule has 1 heterocycles. The first-order valence-corrected chi connectivity index (χ1v) is 6.71. The van der Waals surface area contributed by atoms with Crippen LogP contribution in [0, 0.1) is 0 Å². The van der Waals surface area contributed by atoms with E-state index in [1.54, 1.807) is 0 Å². The highest BCUT2D eigenvalue weighted by Crippen LogP contribution is 2.11. The minimum absolute atomic E-state index is 0.0200. The molecular formula is C12H23N3O5. The van der Waals surface area contributed by atoms with E-state index in [1.165, 1.54) is 6.42 Å². The van der Waals surface area contributed by atoms with Gasteiger partial charge >= 0.3 is 6.16 Å². The van der Waals surface area contributed by atoms with Gasteiger partial charge in [-0.3, -0.25) is 14.4 Å². The van der Waals surface area contributed by atoms with Gasteiger partial charge in [0.1, 0.15) is 0 Å². The van der Waals surface area contributed by atoms with Gasteiger partial charge in [0.05, 0.1) is 0 Å². The SMILES string of the molecule is CCNCCCNCC.O=C(O)ON1C(=O)CCC1=O. The highest BCUT2D eigenvalue weighted by atomic mass is 16.8. The lowest BCUT2D eigenvalue weighted by atomic mass is 10.4. The quantitative estimate of drug-likeness (QED) is 0.458. The lowest BCUT2D eigenvalue weighted by Crippen LogP contribution is -2.31. The molecule has 20 heavy (non-hydrogen) atoms. The second-order valence-electron chi connectivity index (χ2n) is 4.00. The van der Waals surface area contributed by atoms with E-state index in [0.717, 1.165) is 26.2 Å². The van der Waals surface area contributed by atoms with Gasteiger partial charge in [0.25, 0.3) is 11.8 Å². The molecule has 1 saturated heterocycles. The molecule has 1 aliphatic rings. The largest absolute Gasteiger partial charge is 0.531 e. The fourth-order valence-electron chi connectivity index (χ4n) is 1.43. The summed E-state index contributed by atoms with van der Waals surface area (Å²) in [6, 6.07) is 0. The zero-order valence-electron chi connectivity index (χ0n) is 12.0. The number of nitrogens with zero attached hydrogens (tertiary/aromatic N) is 1. The van der Waals surface area contributed by atoms with Gasteiger partial charge in [0, 0.05) is 12.8 Å². The summed E-state index contributed by atoms with van der Waals surface area (Å²) in [6.45, 7) is 8.73. The van der Waals surface area contributed by atoms with Crippen LogP contribution in [0.2, 0.25) is 0 Å². The smallest absolute Gasteiger partial charge is 0.448 e. The maximum Gasteiger partial charge on any atom is 0.531 e. The van der Waals surface area contributed by atoms with Gasteiger partial charge in [0.2, 0.25) is 0 Å². The molecule has 1 aliphatic heterocycles. The zero-order valence-corrected chi connectivity index (χ0v) is 12.0. The van der Waals surface area contributed by atoms with Crippen LogP contribution in [0.3, 0.4) is 0 Å². The van der Waals surface area contributed by atoms with Crippen molar-refractivity contribution in [1.29, 1.82) is 0 Å². The summed E-state index contributed by atoms with van der Waals surface area (Å²) in [4.78, 5) is 35.0. The molecule has 0 radical (unpaired) electrons. The van der Waals surface area contributed by atoms with Crippen LogP contribution in [0.25, 0.3) is 0 Å². The van der Waals surface area contributed by atoms with Crippen LogP contribution in [0.15, 0.2) is 0 Å². The number of hydroxylamine groups is 2. The molecule has 2 amide bonds. The van der Waals surface area contributed by atoms with Gasteiger partial charge in [-0.2, -0.15) is 0 Å². The van der Waals surface area contributed by atoms with Crippen LogP contribution >= 0.6 is 0 Å². The van der Waals surface area contributed by atoms with E-state index in [-0.39, 0.29) is 17.9 Å². The van der Waals surface area contributed by atoms with Gasteiger partial charge in [0.15, 0.2) is 0 Å². The molecule has 116 valence electrons. The predicted octanol–water partition coefficient (Wildman–Crippen LogP) is 0.341. The van der Waals surface area contributed by atoms with Gasteiger partial charge in [-0.1, -0.05) is 18.9 Å². The first-order chi connectivity index (χ1) is 9.52. The summed E-state index contributed by atoms with van der Waals surface area (Å²) in [5.41, 5.74) is 0. The molecule has 0 bridgehead atoms. The number of carboxylic acid groups (broad SMARTS) is 1. The van der Waals surface area contributed by atoms with Crippen molar-refractivity contribution in [2.24, 2.45) is 0 Å². The number of hydrogen-bond donors (Lipinski definition) is 3. The number of imide groups is 1. The second kappa shape index (κ2) is 11.2. The molecule has 3 N–H and O–H groups in total. The van der Waals surface area contributed by atoms with Crippen molar-refractivity contribution in [2.45, 2.75) is 33.1 Å². The Morgan fingerprint density at radius 2 is 1.60 bits per heavy atom. The van der Waals surface area contributed by atoms with Gasteiger partial charge in [-0.05, 0) is 32.6 Å².